The molecule has 1 heterocycles. The van der Waals surface area contributed by atoms with Crippen molar-refractivity contribution in [2.75, 3.05) is 25.6 Å². The number of methoxy groups -OCH3 is 1. The monoisotopic (exact) mass is 295 g/mol. The van der Waals surface area contributed by atoms with Gasteiger partial charge >= 0.3 is 0 Å². The molecule has 1 aromatic rings. The highest BCUT2D eigenvalue weighted by Crippen LogP contribution is 2.21. The van der Waals surface area contributed by atoms with E-state index in [-0.39, 0.29) is 0 Å². The van der Waals surface area contributed by atoms with Gasteiger partial charge in [-0.2, -0.15) is 0 Å². The van der Waals surface area contributed by atoms with Gasteiger partial charge in [-0.25, -0.2) is 0 Å². The maximum atomic E-state index is 9.92. The zero-order valence-corrected chi connectivity index (χ0v) is 11.1. The quantitative estimate of drug-likeness (QED) is 0.832. The van der Waals surface area contributed by atoms with Crippen LogP contribution in [0.15, 0.2) is 3.92 Å². The second kappa shape index (κ2) is 5.74. The minimum absolute atomic E-state index is 0.429. The smallest absolute Gasteiger partial charge is 0.206 e. The van der Waals surface area contributed by atoms with Crippen LogP contribution in [-0.4, -0.2) is 41.2 Å². The van der Waals surface area contributed by atoms with Crippen molar-refractivity contribution in [1.29, 1.82) is 0 Å². The molecular formula is C8H14BrN3O2S. The number of nitrogens with one attached hydrogen (secondary N) is 1. The van der Waals surface area contributed by atoms with Gasteiger partial charge in [0.25, 0.3) is 0 Å². The third-order valence-corrected chi connectivity index (χ3v) is 3.18. The Morgan fingerprint density at radius 1 is 1.60 bits per heavy atom. The molecule has 0 fully saturated rings. The standard InChI is InChI=1S/C8H14BrN3O2S/c1-8(13,3-4-14-2)5-10-7-12-11-6(9)15-7/h13H,3-5H2,1-2H3,(H,10,12). The molecule has 0 radical (unpaired) electrons. The summed E-state index contributed by atoms with van der Waals surface area (Å²) in [7, 11) is 1.62. The van der Waals surface area contributed by atoms with Crippen molar-refractivity contribution in [2.24, 2.45) is 0 Å². The van der Waals surface area contributed by atoms with E-state index < -0.39 is 5.60 Å². The normalized spacial score (nSPS) is 14.9. The Balaban J connectivity index is 2.35. The van der Waals surface area contributed by atoms with E-state index in [1.54, 1.807) is 14.0 Å². The van der Waals surface area contributed by atoms with Crippen molar-refractivity contribution in [1.82, 2.24) is 10.2 Å². The fourth-order valence-corrected chi connectivity index (χ4v) is 1.96. The van der Waals surface area contributed by atoms with Crippen LogP contribution >= 0.6 is 27.3 Å². The van der Waals surface area contributed by atoms with Crippen LogP contribution in [-0.2, 0) is 4.74 Å². The molecule has 0 saturated carbocycles. The first-order valence-electron chi connectivity index (χ1n) is 4.48. The summed E-state index contributed by atoms with van der Waals surface area (Å²) < 4.78 is 5.64. The maximum absolute atomic E-state index is 9.92. The molecule has 7 heteroatoms. The number of aliphatic hydroxyl groups is 1. The van der Waals surface area contributed by atoms with Gasteiger partial charge in [0.2, 0.25) is 5.13 Å². The lowest BCUT2D eigenvalue weighted by atomic mass is 10.0. The number of nitrogens with zero attached hydrogens (tertiary/aromatic N) is 2. The average molecular weight is 296 g/mol. The van der Waals surface area contributed by atoms with Gasteiger partial charge in [-0.1, -0.05) is 11.3 Å². The lowest BCUT2D eigenvalue weighted by Gasteiger charge is -2.22. The Bertz CT molecular complexity index is 306. The van der Waals surface area contributed by atoms with Crippen LogP contribution < -0.4 is 5.32 Å². The molecule has 1 atom stereocenters. The van der Waals surface area contributed by atoms with Gasteiger partial charge in [0.05, 0.1) is 5.60 Å². The minimum Gasteiger partial charge on any atom is -0.388 e. The molecule has 1 aromatic heterocycles. The average Bonchev–Trinajstić information content (AvgIpc) is 2.59. The Morgan fingerprint density at radius 3 is 2.87 bits per heavy atom. The molecule has 0 amide bonds. The van der Waals surface area contributed by atoms with Crippen LogP contribution in [0.1, 0.15) is 13.3 Å². The summed E-state index contributed by atoms with van der Waals surface area (Å²) in [5, 5.41) is 21.3. The van der Waals surface area contributed by atoms with Crippen LogP contribution in [0.5, 0.6) is 0 Å². The summed E-state index contributed by atoms with van der Waals surface area (Å²) in [6.07, 6.45) is 0.580. The zero-order valence-electron chi connectivity index (χ0n) is 8.66. The van der Waals surface area contributed by atoms with Crippen molar-refractivity contribution in [3.8, 4) is 0 Å². The van der Waals surface area contributed by atoms with Gasteiger partial charge in [0.15, 0.2) is 3.92 Å². The summed E-state index contributed by atoms with van der Waals surface area (Å²) in [5.74, 6) is 0. The first-order chi connectivity index (χ1) is 7.03. The largest absolute Gasteiger partial charge is 0.388 e. The summed E-state index contributed by atoms with van der Waals surface area (Å²) in [4.78, 5) is 0. The number of hydrogen-bond acceptors (Lipinski definition) is 6. The third kappa shape index (κ3) is 4.87. The van der Waals surface area contributed by atoms with Crippen molar-refractivity contribution < 1.29 is 9.84 Å². The summed E-state index contributed by atoms with van der Waals surface area (Å²) in [5.41, 5.74) is -0.797. The number of hydrogen-bond donors (Lipinski definition) is 2. The highest BCUT2D eigenvalue weighted by Gasteiger charge is 2.20. The fraction of sp³-hybridized carbons (Fsp3) is 0.750. The van der Waals surface area contributed by atoms with Crippen molar-refractivity contribution in [2.45, 2.75) is 18.9 Å². The van der Waals surface area contributed by atoms with Gasteiger partial charge < -0.3 is 15.2 Å². The van der Waals surface area contributed by atoms with Gasteiger partial charge in [0, 0.05) is 26.7 Å². The van der Waals surface area contributed by atoms with E-state index in [1.165, 1.54) is 11.3 Å². The number of rotatable bonds is 6. The Morgan fingerprint density at radius 2 is 2.33 bits per heavy atom. The molecule has 0 aliphatic rings. The second-order valence-electron chi connectivity index (χ2n) is 3.45. The lowest BCUT2D eigenvalue weighted by Crippen LogP contribution is -2.34. The molecule has 1 unspecified atom stereocenters. The van der Waals surface area contributed by atoms with E-state index in [0.717, 1.165) is 3.92 Å². The van der Waals surface area contributed by atoms with E-state index >= 15 is 0 Å². The molecule has 0 aliphatic carbocycles. The molecule has 0 aliphatic heterocycles. The second-order valence-corrected chi connectivity index (χ2v) is 5.71. The zero-order chi connectivity index (χ0) is 11.3. The molecule has 1 rings (SSSR count). The van der Waals surface area contributed by atoms with Crippen molar-refractivity contribution >= 4 is 32.4 Å². The van der Waals surface area contributed by atoms with E-state index in [9.17, 15) is 5.11 Å². The predicted octanol–water partition coefficient (Wildman–Crippen LogP) is 1.50. The van der Waals surface area contributed by atoms with Crippen molar-refractivity contribution in [3.63, 3.8) is 0 Å². The van der Waals surface area contributed by atoms with Crippen LogP contribution in [0.3, 0.4) is 0 Å². The minimum atomic E-state index is -0.797. The maximum Gasteiger partial charge on any atom is 0.206 e. The van der Waals surface area contributed by atoms with Crippen LogP contribution in [0.25, 0.3) is 0 Å². The van der Waals surface area contributed by atoms with E-state index in [1.807, 2.05) is 0 Å². The molecule has 0 bridgehead atoms. The van der Waals surface area contributed by atoms with Crippen LogP contribution in [0, 0.1) is 0 Å². The molecule has 0 saturated heterocycles. The van der Waals surface area contributed by atoms with Crippen molar-refractivity contribution in [3.05, 3.63) is 3.92 Å². The van der Waals surface area contributed by atoms with Gasteiger partial charge in [0.1, 0.15) is 0 Å². The van der Waals surface area contributed by atoms with Gasteiger partial charge in [-0.15, -0.1) is 10.2 Å². The number of ether oxygens (including phenoxy) is 1. The molecule has 2 N–H and O–H groups in total. The van der Waals surface area contributed by atoms with Crippen LogP contribution in [0.4, 0.5) is 5.13 Å². The first kappa shape index (κ1) is 12.8. The highest BCUT2D eigenvalue weighted by atomic mass is 79.9. The molecule has 5 nitrogen and oxygen atoms in total. The first-order valence-corrected chi connectivity index (χ1v) is 6.09. The lowest BCUT2D eigenvalue weighted by molar-refractivity contribution is 0.0357. The Labute approximate surface area is 101 Å². The Kier molecular flexibility index (Phi) is 4.91. The topological polar surface area (TPSA) is 67.3 Å². The van der Waals surface area contributed by atoms with E-state index in [0.29, 0.717) is 24.7 Å². The summed E-state index contributed by atoms with van der Waals surface area (Å²) in [6.45, 7) is 2.72. The van der Waals surface area contributed by atoms with Gasteiger partial charge in [-0.05, 0) is 22.9 Å². The molecule has 0 spiro atoms. The SMILES string of the molecule is COCCC(C)(O)CNc1nnc(Br)s1. The summed E-state index contributed by atoms with van der Waals surface area (Å²) >= 11 is 4.61. The third-order valence-electron chi connectivity index (χ3n) is 1.87. The predicted molar refractivity (Wildman–Crippen MR) is 63.2 cm³/mol. The number of aromatic nitrogens is 2. The molecule has 15 heavy (non-hydrogen) atoms. The molecule has 0 aromatic carbocycles. The van der Waals surface area contributed by atoms with Crippen LogP contribution in [0.2, 0.25) is 0 Å². The fourth-order valence-electron chi connectivity index (χ4n) is 0.953. The number of halogens is 1. The molecule has 86 valence electrons. The summed E-state index contributed by atoms with van der Waals surface area (Å²) in [6, 6.07) is 0. The van der Waals surface area contributed by atoms with E-state index in [4.69, 9.17) is 4.74 Å². The Hall–Kier alpha value is -0.240. The highest BCUT2D eigenvalue weighted by molar-refractivity contribution is 9.11. The molecular weight excluding hydrogens is 282 g/mol. The van der Waals surface area contributed by atoms with Gasteiger partial charge in [-0.3, -0.25) is 0 Å². The van der Waals surface area contributed by atoms with E-state index in [2.05, 4.69) is 31.4 Å². The number of anilines is 1.